The highest BCUT2D eigenvalue weighted by Crippen LogP contribution is 2.17. The Balaban J connectivity index is 1.36. The molecule has 1 aromatic heterocycles. The molecule has 132 valence electrons. The van der Waals surface area contributed by atoms with Crippen LogP contribution in [0.25, 0.3) is 17.3 Å². The molecule has 0 aliphatic carbocycles. The van der Waals surface area contributed by atoms with Gasteiger partial charge in [0.1, 0.15) is 6.61 Å². The lowest BCUT2D eigenvalue weighted by Crippen LogP contribution is -2.24. The summed E-state index contributed by atoms with van der Waals surface area (Å²) in [5.41, 5.74) is 4.18. The maximum absolute atomic E-state index is 11.6. The highest BCUT2D eigenvalue weighted by atomic mass is 16.5. The fourth-order valence-electron chi connectivity index (χ4n) is 2.44. The number of carbonyl (C=O) groups excluding carboxylic acids is 1. The minimum absolute atomic E-state index is 0.283. The predicted octanol–water partition coefficient (Wildman–Crippen LogP) is 4.41. The molecule has 0 aliphatic heterocycles. The molecule has 0 atom stereocenters. The van der Waals surface area contributed by atoms with Crippen molar-refractivity contribution in [2.45, 2.75) is 13.0 Å². The number of aromatic amines is 1. The van der Waals surface area contributed by atoms with E-state index in [0.717, 1.165) is 28.8 Å². The molecule has 3 rings (SSSR count). The van der Waals surface area contributed by atoms with Gasteiger partial charge in [-0.15, -0.1) is 0 Å². The van der Waals surface area contributed by atoms with E-state index in [2.05, 4.69) is 15.3 Å². The molecule has 5 heteroatoms. The van der Waals surface area contributed by atoms with Gasteiger partial charge in [-0.3, -0.25) is 0 Å². The van der Waals surface area contributed by atoms with E-state index in [0.29, 0.717) is 6.54 Å². The van der Waals surface area contributed by atoms with Crippen LogP contribution in [0.5, 0.6) is 0 Å². The first-order valence-corrected chi connectivity index (χ1v) is 8.51. The molecule has 0 saturated carbocycles. The molecule has 0 aliphatic rings. The lowest BCUT2D eigenvalue weighted by molar-refractivity contribution is 0.140. The van der Waals surface area contributed by atoms with E-state index in [-0.39, 0.29) is 6.61 Å². The monoisotopic (exact) mass is 347 g/mol. The number of benzene rings is 2. The maximum atomic E-state index is 11.6. The third-order valence-corrected chi connectivity index (χ3v) is 3.82. The number of rotatable bonds is 7. The number of aromatic nitrogens is 2. The molecule has 2 N–H and O–H groups in total. The first-order chi connectivity index (χ1) is 12.8. The largest absolute Gasteiger partial charge is 0.445 e. The van der Waals surface area contributed by atoms with Crippen molar-refractivity contribution >= 4 is 12.2 Å². The summed E-state index contributed by atoms with van der Waals surface area (Å²) in [5, 5.41) is 2.74. The molecule has 5 nitrogen and oxygen atoms in total. The average Bonchev–Trinajstić information content (AvgIpc) is 3.22. The van der Waals surface area contributed by atoms with Gasteiger partial charge in [-0.2, -0.15) is 0 Å². The van der Waals surface area contributed by atoms with E-state index < -0.39 is 6.09 Å². The quantitative estimate of drug-likeness (QED) is 0.622. The maximum Gasteiger partial charge on any atom is 0.407 e. The Morgan fingerprint density at radius 2 is 1.92 bits per heavy atom. The molecule has 0 radical (unpaired) electrons. The van der Waals surface area contributed by atoms with Gasteiger partial charge in [0.15, 0.2) is 0 Å². The molecule has 3 aromatic rings. The minimum atomic E-state index is -0.397. The molecule has 0 spiro atoms. The van der Waals surface area contributed by atoms with E-state index in [4.69, 9.17) is 4.74 Å². The van der Waals surface area contributed by atoms with Crippen LogP contribution < -0.4 is 5.32 Å². The smallest absolute Gasteiger partial charge is 0.407 e. The summed E-state index contributed by atoms with van der Waals surface area (Å²) < 4.78 is 5.16. The Morgan fingerprint density at radius 1 is 1.12 bits per heavy atom. The first-order valence-electron chi connectivity index (χ1n) is 8.51. The number of H-pyrrole nitrogens is 1. The van der Waals surface area contributed by atoms with Crippen LogP contribution in [0.15, 0.2) is 73.2 Å². The summed E-state index contributed by atoms with van der Waals surface area (Å²) in [6.45, 7) is 0.821. The van der Waals surface area contributed by atoms with E-state index in [9.17, 15) is 4.79 Å². The van der Waals surface area contributed by atoms with Gasteiger partial charge in [0.2, 0.25) is 0 Å². The fraction of sp³-hybridized carbons (Fsp3) is 0.143. The Bertz CT molecular complexity index is 825. The number of hydrogen-bond acceptors (Lipinski definition) is 3. The van der Waals surface area contributed by atoms with Gasteiger partial charge in [0, 0.05) is 6.54 Å². The standard InChI is InChI=1S/C21H21N3O2/c25-21(26-15-18-7-2-1-3-8-18)23-13-5-4-6-17-9-11-19(12-10-17)20-14-22-16-24-20/h1-4,6-12,14,16H,5,13,15H2,(H,22,24)(H,23,25). The number of alkyl carbamates (subject to hydrolysis) is 1. The van der Waals surface area contributed by atoms with Crippen LogP contribution >= 0.6 is 0 Å². The van der Waals surface area contributed by atoms with Gasteiger partial charge in [-0.05, 0) is 23.1 Å². The lowest BCUT2D eigenvalue weighted by atomic mass is 10.1. The van der Waals surface area contributed by atoms with Gasteiger partial charge in [0.25, 0.3) is 0 Å². The van der Waals surface area contributed by atoms with Crippen LogP contribution in [-0.2, 0) is 11.3 Å². The van der Waals surface area contributed by atoms with Crippen LogP contribution in [0.1, 0.15) is 17.5 Å². The van der Waals surface area contributed by atoms with Gasteiger partial charge in [-0.1, -0.05) is 66.7 Å². The first kappa shape index (κ1) is 17.5. The van der Waals surface area contributed by atoms with Crippen LogP contribution in [0, 0.1) is 0 Å². The van der Waals surface area contributed by atoms with Crippen LogP contribution in [0.2, 0.25) is 0 Å². The summed E-state index contributed by atoms with van der Waals surface area (Å²) in [6.07, 6.45) is 7.87. The summed E-state index contributed by atoms with van der Waals surface area (Å²) in [7, 11) is 0. The molecule has 0 bridgehead atoms. The Hall–Kier alpha value is -3.34. The van der Waals surface area contributed by atoms with Gasteiger partial charge >= 0.3 is 6.09 Å². The molecular formula is C21H21N3O2. The number of amides is 1. The predicted molar refractivity (Wildman–Crippen MR) is 102 cm³/mol. The van der Waals surface area contributed by atoms with Crippen molar-refractivity contribution in [2.75, 3.05) is 6.54 Å². The van der Waals surface area contributed by atoms with E-state index >= 15 is 0 Å². The molecule has 0 saturated heterocycles. The number of hydrogen-bond donors (Lipinski definition) is 2. The minimum Gasteiger partial charge on any atom is -0.445 e. The van der Waals surface area contributed by atoms with E-state index in [1.807, 2.05) is 66.7 Å². The van der Waals surface area contributed by atoms with E-state index in [1.165, 1.54) is 0 Å². The van der Waals surface area contributed by atoms with Crippen LogP contribution in [0.4, 0.5) is 4.79 Å². The van der Waals surface area contributed by atoms with Crippen molar-refractivity contribution in [3.8, 4) is 11.3 Å². The molecule has 1 amide bonds. The average molecular weight is 347 g/mol. The van der Waals surface area contributed by atoms with Crippen molar-refractivity contribution in [3.05, 3.63) is 84.3 Å². The zero-order chi connectivity index (χ0) is 18.0. The number of imidazole rings is 1. The third-order valence-electron chi connectivity index (χ3n) is 3.82. The van der Waals surface area contributed by atoms with E-state index in [1.54, 1.807) is 12.5 Å². The van der Waals surface area contributed by atoms with Crippen molar-refractivity contribution in [1.82, 2.24) is 15.3 Å². The molecule has 2 aromatic carbocycles. The summed E-state index contributed by atoms with van der Waals surface area (Å²) in [5.74, 6) is 0. The third kappa shape index (κ3) is 5.34. The fourth-order valence-corrected chi connectivity index (χ4v) is 2.44. The van der Waals surface area contributed by atoms with Gasteiger partial charge in [-0.25, -0.2) is 9.78 Å². The number of carbonyl (C=O) groups is 1. The second-order valence-electron chi connectivity index (χ2n) is 5.77. The molecule has 26 heavy (non-hydrogen) atoms. The normalized spacial score (nSPS) is 10.8. The van der Waals surface area contributed by atoms with Crippen LogP contribution in [-0.4, -0.2) is 22.6 Å². The lowest BCUT2D eigenvalue weighted by Gasteiger charge is -2.05. The van der Waals surface area contributed by atoms with Gasteiger partial charge in [0.05, 0.1) is 18.2 Å². The second kappa shape index (κ2) is 9.22. The Kier molecular flexibility index (Phi) is 6.20. The highest BCUT2D eigenvalue weighted by Gasteiger charge is 2.01. The summed E-state index contributed by atoms with van der Waals surface area (Å²) >= 11 is 0. The van der Waals surface area contributed by atoms with Gasteiger partial charge < -0.3 is 15.0 Å². The molecule has 0 unspecified atom stereocenters. The van der Waals surface area contributed by atoms with Crippen molar-refractivity contribution in [2.24, 2.45) is 0 Å². The summed E-state index contributed by atoms with van der Waals surface area (Å²) in [4.78, 5) is 18.7. The van der Waals surface area contributed by atoms with Crippen LogP contribution in [0.3, 0.4) is 0 Å². The Morgan fingerprint density at radius 3 is 2.65 bits per heavy atom. The SMILES string of the molecule is O=C(NCCC=Cc1ccc(-c2cnc[nH]2)cc1)OCc1ccccc1. The molecular weight excluding hydrogens is 326 g/mol. The second-order valence-corrected chi connectivity index (χ2v) is 5.77. The number of nitrogens with one attached hydrogen (secondary N) is 2. The zero-order valence-electron chi connectivity index (χ0n) is 14.4. The van der Waals surface area contributed by atoms with Crippen molar-refractivity contribution < 1.29 is 9.53 Å². The molecule has 0 fully saturated rings. The highest BCUT2D eigenvalue weighted by molar-refractivity contribution is 5.67. The number of ether oxygens (including phenoxy) is 1. The summed E-state index contributed by atoms with van der Waals surface area (Å²) in [6, 6.07) is 17.8. The zero-order valence-corrected chi connectivity index (χ0v) is 14.4. The Labute approximate surface area is 152 Å². The van der Waals surface area contributed by atoms with Crippen molar-refractivity contribution in [1.29, 1.82) is 0 Å². The number of nitrogens with zero attached hydrogens (tertiary/aromatic N) is 1. The van der Waals surface area contributed by atoms with Crippen molar-refractivity contribution in [3.63, 3.8) is 0 Å². The molecule has 1 heterocycles. The topological polar surface area (TPSA) is 67.0 Å².